The van der Waals surface area contributed by atoms with Crippen molar-refractivity contribution in [2.24, 2.45) is 5.16 Å². The fourth-order valence-electron chi connectivity index (χ4n) is 4.78. The van der Waals surface area contributed by atoms with Crippen LogP contribution in [0.2, 0.25) is 0 Å². The quantitative estimate of drug-likeness (QED) is 0.310. The first-order chi connectivity index (χ1) is 16.4. The lowest BCUT2D eigenvalue weighted by Gasteiger charge is -2.30. The smallest absolute Gasteiger partial charge is 0.211 e. The monoisotopic (exact) mass is 478 g/mol. The molecule has 0 amide bonds. The molecular formula is C26H30N4O3S. The normalized spacial score (nSPS) is 16.9. The predicted molar refractivity (Wildman–Crippen MR) is 133 cm³/mol. The molecule has 1 aliphatic heterocycles. The Labute approximate surface area is 201 Å². The van der Waals surface area contributed by atoms with Crippen LogP contribution in [-0.4, -0.2) is 53.2 Å². The molecule has 0 aliphatic carbocycles. The van der Waals surface area contributed by atoms with Gasteiger partial charge in [-0.3, -0.25) is 0 Å². The van der Waals surface area contributed by atoms with E-state index in [0.717, 1.165) is 24.0 Å². The zero-order valence-corrected chi connectivity index (χ0v) is 20.3. The Morgan fingerprint density at radius 1 is 1.09 bits per heavy atom. The van der Waals surface area contributed by atoms with Gasteiger partial charge in [-0.2, -0.15) is 10.2 Å². The summed E-state index contributed by atoms with van der Waals surface area (Å²) in [5.74, 6) is 0.350. The first-order valence-corrected chi connectivity index (χ1v) is 13.3. The van der Waals surface area contributed by atoms with Crippen molar-refractivity contribution in [2.75, 3.05) is 19.3 Å². The van der Waals surface area contributed by atoms with Crippen molar-refractivity contribution < 1.29 is 13.6 Å². The van der Waals surface area contributed by atoms with Gasteiger partial charge in [0.1, 0.15) is 0 Å². The summed E-state index contributed by atoms with van der Waals surface area (Å²) in [4.78, 5) is 0. The molecule has 8 heteroatoms. The highest BCUT2D eigenvalue weighted by atomic mass is 32.2. The fraction of sp³-hybridized carbons (Fsp3) is 0.346. The molecule has 1 aromatic heterocycles. The highest BCUT2D eigenvalue weighted by molar-refractivity contribution is 7.88. The first kappa shape index (κ1) is 24.0. The molecule has 178 valence electrons. The van der Waals surface area contributed by atoms with Crippen molar-refractivity contribution in [2.45, 2.75) is 38.0 Å². The van der Waals surface area contributed by atoms with E-state index in [9.17, 15) is 13.6 Å². The summed E-state index contributed by atoms with van der Waals surface area (Å²) >= 11 is 0. The van der Waals surface area contributed by atoms with Crippen LogP contribution >= 0.6 is 0 Å². The van der Waals surface area contributed by atoms with Crippen LogP contribution in [0.3, 0.4) is 0 Å². The summed E-state index contributed by atoms with van der Waals surface area (Å²) in [5, 5.41) is 21.1. The number of hydrogen-bond acceptors (Lipinski definition) is 6. The van der Waals surface area contributed by atoms with Crippen LogP contribution in [0.15, 0.2) is 72.1 Å². The lowest BCUT2D eigenvalue weighted by Crippen LogP contribution is -2.37. The van der Waals surface area contributed by atoms with Crippen LogP contribution in [-0.2, 0) is 10.0 Å². The fourth-order valence-corrected chi connectivity index (χ4v) is 5.65. The van der Waals surface area contributed by atoms with Crippen LogP contribution in [0.5, 0.6) is 0 Å². The van der Waals surface area contributed by atoms with Crippen molar-refractivity contribution in [1.82, 2.24) is 14.5 Å². The maximum Gasteiger partial charge on any atom is 0.211 e. The minimum absolute atomic E-state index is 0.00129. The number of nitrogens with zero attached hydrogens (tertiary/aromatic N) is 4. The van der Waals surface area contributed by atoms with Crippen molar-refractivity contribution in [1.29, 1.82) is 0 Å². The zero-order chi connectivity index (χ0) is 24.1. The summed E-state index contributed by atoms with van der Waals surface area (Å²) in [7, 11) is -3.13. The van der Waals surface area contributed by atoms with Crippen LogP contribution in [0.4, 0.5) is 0 Å². The Bertz CT molecular complexity index is 1240. The van der Waals surface area contributed by atoms with E-state index in [-0.39, 0.29) is 5.92 Å². The van der Waals surface area contributed by atoms with Crippen LogP contribution < -0.4 is 0 Å². The summed E-state index contributed by atoms with van der Waals surface area (Å²) < 4.78 is 25.2. The van der Waals surface area contributed by atoms with Gasteiger partial charge in [-0.1, -0.05) is 53.7 Å². The number of aryl methyl sites for hydroxylation is 1. The van der Waals surface area contributed by atoms with E-state index in [2.05, 4.69) is 58.7 Å². The van der Waals surface area contributed by atoms with Crippen LogP contribution in [0, 0.1) is 6.92 Å². The maximum absolute atomic E-state index is 11.8. The lowest BCUT2D eigenvalue weighted by atomic mass is 9.82. The minimum atomic E-state index is -3.13. The second-order valence-corrected chi connectivity index (χ2v) is 10.9. The zero-order valence-electron chi connectivity index (χ0n) is 19.5. The number of hydrogen-bond donors (Lipinski definition) is 1. The van der Waals surface area contributed by atoms with E-state index < -0.39 is 10.0 Å². The predicted octanol–water partition coefficient (Wildman–Crippen LogP) is 4.32. The molecule has 2 aromatic carbocycles. The van der Waals surface area contributed by atoms with Gasteiger partial charge < -0.3 is 5.21 Å². The number of oxime groups is 1. The minimum Gasteiger partial charge on any atom is -0.411 e. The largest absolute Gasteiger partial charge is 0.411 e. The molecule has 1 N–H and O–H groups in total. The molecular weight excluding hydrogens is 448 g/mol. The van der Waals surface area contributed by atoms with Crippen molar-refractivity contribution in [3.8, 4) is 0 Å². The molecule has 1 unspecified atom stereocenters. The van der Waals surface area contributed by atoms with Crippen LogP contribution in [0.1, 0.15) is 58.9 Å². The lowest BCUT2D eigenvalue weighted by molar-refractivity contribution is 0.317. The molecule has 1 fully saturated rings. The molecule has 0 spiro atoms. The number of benzene rings is 2. The molecule has 0 bridgehead atoms. The van der Waals surface area contributed by atoms with Gasteiger partial charge in [0.2, 0.25) is 10.0 Å². The third kappa shape index (κ3) is 5.51. The average Bonchev–Trinajstić information content (AvgIpc) is 2.86. The Hall–Kier alpha value is -3.10. The highest BCUT2D eigenvalue weighted by Gasteiger charge is 2.26. The standard InChI is InChI=1S/C26H30N4O3S/c1-19-5-3-4-6-24(19)25(17-26(29-31)23-11-14-27-28-18-23)22-9-7-20(8-10-22)21-12-15-30(16-13-21)34(2,32)33/h3-11,14,18,21,25,31H,12-13,15-17H2,1-2H3/b29-26-. The van der Waals surface area contributed by atoms with Gasteiger partial charge >= 0.3 is 0 Å². The van der Waals surface area contributed by atoms with Crippen LogP contribution in [0.25, 0.3) is 0 Å². The molecule has 34 heavy (non-hydrogen) atoms. The maximum atomic E-state index is 11.8. The van der Waals surface area contributed by atoms with Gasteiger partial charge in [-0.05, 0) is 54.0 Å². The van der Waals surface area contributed by atoms with E-state index in [0.29, 0.717) is 31.1 Å². The Balaban J connectivity index is 1.59. The van der Waals surface area contributed by atoms with Crippen molar-refractivity contribution in [3.63, 3.8) is 0 Å². The summed E-state index contributed by atoms with van der Waals surface area (Å²) in [6.45, 7) is 3.22. The van der Waals surface area contributed by atoms with Gasteiger partial charge in [0.15, 0.2) is 0 Å². The third-order valence-corrected chi connectivity index (χ3v) is 8.04. The highest BCUT2D eigenvalue weighted by Crippen LogP contribution is 2.34. The van der Waals surface area contributed by atoms with Gasteiger partial charge in [0.05, 0.1) is 24.4 Å². The first-order valence-electron chi connectivity index (χ1n) is 11.5. The summed E-state index contributed by atoms with van der Waals surface area (Å²) in [6.07, 6.45) is 6.63. The molecule has 7 nitrogen and oxygen atoms in total. The van der Waals surface area contributed by atoms with E-state index in [1.807, 2.05) is 12.1 Å². The van der Waals surface area contributed by atoms with Gasteiger partial charge in [0, 0.05) is 31.0 Å². The number of rotatable bonds is 7. The van der Waals surface area contributed by atoms with Crippen molar-refractivity contribution >= 4 is 15.7 Å². The molecule has 1 saturated heterocycles. The number of sulfonamides is 1. The molecule has 0 saturated carbocycles. The molecule has 1 aliphatic rings. The second kappa shape index (κ2) is 10.4. The van der Waals surface area contributed by atoms with E-state index in [1.165, 1.54) is 22.9 Å². The third-order valence-electron chi connectivity index (χ3n) is 6.73. The Morgan fingerprint density at radius 3 is 2.38 bits per heavy atom. The second-order valence-electron chi connectivity index (χ2n) is 8.89. The average molecular weight is 479 g/mol. The van der Waals surface area contributed by atoms with Crippen molar-refractivity contribution in [3.05, 3.63) is 94.8 Å². The van der Waals surface area contributed by atoms with E-state index >= 15 is 0 Å². The number of piperidine rings is 1. The number of aromatic nitrogens is 2. The SMILES string of the molecule is Cc1ccccc1C(C/C(=N/O)c1ccnnc1)c1ccc(C2CCN(S(C)(=O)=O)CC2)cc1. The van der Waals surface area contributed by atoms with E-state index in [1.54, 1.807) is 22.8 Å². The molecule has 4 rings (SSSR count). The van der Waals surface area contributed by atoms with Gasteiger partial charge in [-0.25, -0.2) is 12.7 Å². The topological polar surface area (TPSA) is 95.8 Å². The molecule has 2 heterocycles. The molecule has 1 atom stereocenters. The van der Waals surface area contributed by atoms with Gasteiger partial charge in [0.25, 0.3) is 0 Å². The molecule has 3 aromatic rings. The van der Waals surface area contributed by atoms with E-state index in [4.69, 9.17) is 0 Å². The Kier molecular flexibility index (Phi) is 7.38. The summed E-state index contributed by atoms with van der Waals surface area (Å²) in [5.41, 5.74) is 6.02. The Morgan fingerprint density at radius 2 is 1.79 bits per heavy atom. The van der Waals surface area contributed by atoms with Gasteiger partial charge in [-0.15, -0.1) is 0 Å². The molecule has 0 radical (unpaired) electrons. The summed E-state index contributed by atoms with van der Waals surface area (Å²) in [6, 6.07) is 18.7.